The van der Waals surface area contributed by atoms with Crippen molar-refractivity contribution in [1.82, 2.24) is 4.90 Å². The van der Waals surface area contributed by atoms with E-state index in [-0.39, 0.29) is 6.04 Å². The normalized spacial score (nSPS) is 17.9. The number of likely N-dealkylation sites (N-methyl/N-ethyl adjacent to an activating group) is 1. The molecule has 1 heterocycles. The molecule has 1 saturated heterocycles. The van der Waals surface area contributed by atoms with E-state index in [1.54, 1.807) is 0 Å². The van der Waals surface area contributed by atoms with Crippen LogP contribution in [-0.2, 0) is 0 Å². The smallest absolute Gasteiger partial charge is 0.0364 e. The van der Waals surface area contributed by atoms with Gasteiger partial charge in [-0.15, -0.1) is 0 Å². The third-order valence-electron chi connectivity index (χ3n) is 3.81. The maximum absolute atomic E-state index is 5.86. The summed E-state index contributed by atoms with van der Waals surface area (Å²) in [6.45, 7) is 6.84. The second-order valence-corrected chi connectivity index (χ2v) is 5.35. The van der Waals surface area contributed by atoms with Crippen molar-refractivity contribution < 1.29 is 0 Å². The molecule has 0 bridgehead atoms. The van der Waals surface area contributed by atoms with Crippen LogP contribution in [0.15, 0.2) is 24.3 Å². The zero-order valence-electron chi connectivity index (χ0n) is 11.6. The lowest BCUT2D eigenvalue weighted by molar-refractivity contribution is 0.346. The Balaban J connectivity index is 1.85. The lowest BCUT2D eigenvalue weighted by Crippen LogP contribution is -2.31. The summed E-state index contributed by atoms with van der Waals surface area (Å²) >= 11 is 0. The third kappa shape index (κ3) is 3.47. The van der Waals surface area contributed by atoms with Crippen molar-refractivity contribution in [2.75, 3.05) is 38.1 Å². The van der Waals surface area contributed by atoms with Gasteiger partial charge in [0.15, 0.2) is 0 Å². The highest BCUT2D eigenvalue weighted by molar-refractivity contribution is 5.47. The van der Waals surface area contributed by atoms with E-state index in [0.29, 0.717) is 0 Å². The van der Waals surface area contributed by atoms with Gasteiger partial charge in [0.25, 0.3) is 0 Å². The van der Waals surface area contributed by atoms with Crippen LogP contribution in [-0.4, -0.2) is 38.1 Å². The van der Waals surface area contributed by atoms with Gasteiger partial charge in [0.2, 0.25) is 0 Å². The molecule has 3 nitrogen and oxygen atoms in total. The van der Waals surface area contributed by atoms with Crippen molar-refractivity contribution in [3.8, 4) is 0 Å². The van der Waals surface area contributed by atoms with Crippen LogP contribution in [0.4, 0.5) is 5.69 Å². The Morgan fingerprint density at radius 1 is 1.22 bits per heavy atom. The molecule has 0 aromatic heterocycles. The van der Waals surface area contributed by atoms with Crippen molar-refractivity contribution in [3.05, 3.63) is 29.8 Å². The second-order valence-electron chi connectivity index (χ2n) is 5.35. The molecule has 0 spiro atoms. The summed E-state index contributed by atoms with van der Waals surface area (Å²) in [5, 5.41) is 0. The Labute approximate surface area is 111 Å². The first-order chi connectivity index (χ1) is 8.66. The summed E-state index contributed by atoms with van der Waals surface area (Å²) in [6.07, 6.45) is 2.74. The van der Waals surface area contributed by atoms with Crippen LogP contribution >= 0.6 is 0 Å². The number of benzene rings is 1. The van der Waals surface area contributed by atoms with Gasteiger partial charge in [-0.2, -0.15) is 0 Å². The molecular formula is C15H25N3. The molecule has 100 valence electrons. The molecule has 1 aliphatic heterocycles. The number of nitrogens with zero attached hydrogens (tertiary/aromatic N) is 2. The van der Waals surface area contributed by atoms with Crippen LogP contribution in [0.5, 0.6) is 0 Å². The lowest BCUT2D eigenvalue weighted by atomic mass is 10.1. The van der Waals surface area contributed by atoms with E-state index in [1.165, 1.54) is 43.7 Å². The first-order valence-electron chi connectivity index (χ1n) is 6.96. The lowest BCUT2D eigenvalue weighted by Gasteiger charge is -2.23. The number of rotatable bonds is 5. The molecular weight excluding hydrogens is 222 g/mol. The van der Waals surface area contributed by atoms with Gasteiger partial charge in [-0.25, -0.2) is 0 Å². The van der Waals surface area contributed by atoms with Crippen LogP contribution in [0.1, 0.15) is 31.4 Å². The summed E-state index contributed by atoms with van der Waals surface area (Å²) in [5.41, 5.74) is 8.34. The quantitative estimate of drug-likeness (QED) is 0.866. The molecule has 0 saturated carbocycles. The molecule has 1 aromatic carbocycles. The second kappa shape index (κ2) is 6.21. The van der Waals surface area contributed by atoms with E-state index in [0.717, 1.165) is 6.54 Å². The minimum atomic E-state index is 0.119. The molecule has 0 amide bonds. The maximum atomic E-state index is 5.86. The van der Waals surface area contributed by atoms with Gasteiger partial charge in [-0.3, -0.25) is 0 Å². The van der Waals surface area contributed by atoms with Gasteiger partial charge in [0.1, 0.15) is 0 Å². The Bertz CT molecular complexity index is 353. The Morgan fingerprint density at radius 3 is 2.39 bits per heavy atom. The van der Waals surface area contributed by atoms with Crippen molar-refractivity contribution >= 4 is 5.69 Å². The topological polar surface area (TPSA) is 32.5 Å². The van der Waals surface area contributed by atoms with Crippen molar-refractivity contribution in [3.63, 3.8) is 0 Å². The van der Waals surface area contributed by atoms with Gasteiger partial charge in [0.05, 0.1) is 0 Å². The van der Waals surface area contributed by atoms with E-state index >= 15 is 0 Å². The fourth-order valence-electron chi connectivity index (χ4n) is 2.46. The fourth-order valence-corrected chi connectivity index (χ4v) is 2.46. The van der Waals surface area contributed by atoms with Crippen LogP contribution in [0.3, 0.4) is 0 Å². The minimum absolute atomic E-state index is 0.119. The molecule has 1 aromatic rings. The summed E-state index contributed by atoms with van der Waals surface area (Å²) in [4.78, 5) is 4.87. The number of hydrogen-bond donors (Lipinski definition) is 1. The Morgan fingerprint density at radius 2 is 1.83 bits per heavy atom. The highest BCUT2D eigenvalue weighted by Gasteiger charge is 2.11. The molecule has 18 heavy (non-hydrogen) atoms. The Hall–Kier alpha value is -1.06. The highest BCUT2D eigenvalue weighted by Crippen LogP contribution is 2.17. The van der Waals surface area contributed by atoms with Crippen LogP contribution in [0.25, 0.3) is 0 Å². The minimum Gasteiger partial charge on any atom is -0.373 e. The first-order valence-corrected chi connectivity index (χ1v) is 6.96. The van der Waals surface area contributed by atoms with Gasteiger partial charge >= 0.3 is 0 Å². The number of anilines is 1. The molecule has 0 aliphatic carbocycles. The fraction of sp³-hybridized carbons (Fsp3) is 0.600. The largest absolute Gasteiger partial charge is 0.373 e. The van der Waals surface area contributed by atoms with Crippen molar-refractivity contribution in [1.29, 1.82) is 0 Å². The van der Waals surface area contributed by atoms with Gasteiger partial charge in [-0.1, -0.05) is 12.1 Å². The zero-order chi connectivity index (χ0) is 13.0. The molecule has 1 fully saturated rings. The number of likely N-dealkylation sites (tertiary alicyclic amines) is 1. The monoisotopic (exact) mass is 247 g/mol. The predicted octanol–water partition coefficient (Wildman–Crippen LogP) is 2.24. The summed E-state index contributed by atoms with van der Waals surface area (Å²) in [7, 11) is 2.16. The molecule has 0 radical (unpaired) electrons. The molecule has 2 rings (SSSR count). The van der Waals surface area contributed by atoms with E-state index in [9.17, 15) is 0 Å². The molecule has 0 unspecified atom stereocenters. The average molecular weight is 247 g/mol. The predicted molar refractivity (Wildman–Crippen MR) is 78.0 cm³/mol. The van der Waals surface area contributed by atoms with Crippen LogP contribution in [0.2, 0.25) is 0 Å². The molecule has 1 atom stereocenters. The van der Waals surface area contributed by atoms with Gasteiger partial charge in [0, 0.05) is 31.9 Å². The van der Waals surface area contributed by atoms with E-state index < -0.39 is 0 Å². The first kappa shape index (κ1) is 13.4. The van der Waals surface area contributed by atoms with E-state index in [1.807, 2.05) is 6.92 Å². The van der Waals surface area contributed by atoms with Crippen molar-refractivity contribution in [2.24, 2.45) is 5.73 Å². The Kier molecular flexibility index (Phi) is 4.61. The van der Waals surface area contributed by atoms with E-state index in [2.05, 4.69) is 41.1 Å². The van der Waals surface area contributed by atoms with E-state index in [4.69, 9.17) is 5.73 Å². The van der Waals surface area contributed by atoms with Crippen molar-refractivity contribution in [2.45, 2.75) is 25.8 Å². The summed E-state index contributed by atoms with van der Waals surface area (Å²) < 4.78 is 0. The SMILES string of the molecule is C[C@@H](N)c1ccc(N(C)CCN2CCCC2)cc1. The molecule has 2 N–H and O–H groups in total. The summed E-state index contributed by atoms with van der Waals surface area (Å²) in [6, 6.07) is 8.72. The van der Waals surface area contributed by atoms with Gasteiger partial charge in [-0.05, 0) is 50.6 Å². The molecule has 3 heteroatoms. The van der Waals surface area contributed by atoms with Crippen LogP contribution in [0, 0.1) is 0 Å². The molecule has 1 aliphatic rings. The average Bonchev–Trinajstić information content (AvgIpc) is 2.89. The maximum Gasteiger partial charge on any atom is 0.0364 e. The standard InChI is InChI=1S/C15H25N3/c1-13(16)14-5-7-15(8-6-14)17(2)11-12-18-9-3-4-10-18/h5-8,13H,3-4,9-12,16H2,1-2H3/t13-/m1/s1. The zero-order valence-corrected chi connectivity index (χ0v) is 11.6. The summed E-state index contributed by atoms with van der Waals surface area (Å²) in [5.74, 6) is 0. The highest BCUT2D eigenvalue weighted by atomic mass is 15.2. The third-order valence-corrected chi connectivity index (χ3v) is 3.81. The van der Waals surface area contributed by atoms with Crippen LogP contribution < -0.4 is 10.6 Å². The number of hydrogen-bond acceptors (Lipinski definition) is 3. The van der Waals surface area contributed by atoms with Gasteiger partial charge < -0.3 is 15.5 Å². The number of nitrogens with two attached hydrogens (primary N) is 1.